The molecule has 0 aliphatic carbocycles. The number of nitrogens with one attached hydrogen (secondary N) is 1. The molecule has 2 nitrogen and oxygen atoms in total. The van der Waals surface area contributed by atoms with E-state index in [0.29, 0.717) is 5.15 Å². The third-order valence-electron chi connectivity index (χ3n) is 3.52. The summed E-state index contributed by atoms with van der Waals surface area (Å²) in [5.41, 5.74) is 0.976. The first-order valence-electron chi connectivity index (χ1n) is 7.03. The van der Waals surface area contributed by atoms with Crippen molar-refractivity contribution in [1.82, 2.24) is 4.98 Å². The molecule has 1 aromatic carbocycles. The minimum Gasteiger partial charge on any atom is -0.312 e. The average Bonchev–Trinajstić information content (AvgIpc) is 2.42. The van der Waals surface area contributed by atoms with E-state index in [4.69, 9.17) is 11.6 Å². The first-order chi connectivity index (χ1) is 9.24. The summed E-state index contributed by atoms with van der Waals surface area (Å²) in [6.45, 7) is 2.21. The quantitative estimate of drug-likeness (QED) is 0.603. The normalized spacial score (nSPS) is 11.1. The highest BCUT2D eigenvalue weighted by molar-refractivity contribution is 6.31. The lowest BCUT2D eigenvalue weighted by Crippen LogP contribution is -2.09. The van der Waals surface area contributed by atoms with Gasteiger partial charge in [-0.2, -0.15) is 0 Å². The molecule has 0 unspecified atom stereocenters. The van der Waals surface area contributed by atoms with Crippen LogP contribution in [0.2, 0.25) is 5.15 Å². The number of H-pyrrole nitrogens is 1. The number of halogens is 1. The molecule has 0 aliphatic rings. The van der Waals surface area contributed by atoms with Crippen molar-refractivity contribution in [2.24, 2.45) is 0 Å². The molecular weight excluding hydrogens is 258 g/mol. The van der Waals surface area contributed by atoms with Crippen molar-refractivity contribution < 1.29 is 0 Å². The molecule has 19 heavy (non-hydrogen) atoms. The molecule has 0 radical (unpaired) electrons. The summed E-state index contributed by atoms with van der Waals surface area (Å²) < 4.78 is 0. The zero-order valence-electron chi connectivity index (χ0n) is 11.3. The number of aryl methyl sites for hydroxylation is 1. The topological polar surface area (TPSA) is 32.9 Å². The van der Waals surface area contributed by atoms with E-state index in [0.717, 1.165) is 29.2 Å². The van der Waals surface area contributed by atoms with Crippen LogP contribution in [0.3, 0.4) is 0 Å². The van der Waals surface area contributed by atoms with Crippen molar-refractivity contribution in [2.75, 3.05) is 0 Å². The summed E-state index contributed by atoms with van der Waals surface area (Å²) in [5, 5.41) is 2.22. The minimum absolute atomic E-state index is 0.102. The Hall–Kier alpha value is -1.28. The van der Waals surface area contributed by atoms with Crippen LogP contribution >= 0.6 is 11.6 Å². The van der Waals surface area contributed by atoms with E-state index < -0.39 is 0 Å². The van der Waals surface area contributed by atoms with Gasteiger partial charge in [0.2, 0.25) is 0 Å². The molecular formula is C16H20ClNO. The number of aromatic amines is 1. The Kier molecular flexibility index (Phi) is 5.03. The van der Waals surface area contributed by atoms with Gasteiger partial charge in [-0.05, 0) is 29.9 Å². The van der Waals surface area contributed by atoms with Gasteiger partial charge >= 0.3 is 0 Å². The average molecular weight is 278 g/mol. The highest BCUT2D eigenvalue weighted by Crippen LogP contribution is 2.23. The van der Waals surface area contributed by atoms with Crippen LogP contribution in [0.1, 0.15) is 44.6 Å². The molecule has 0 saturated carbocycles. The number of rotatable bonds is 6. The summed E-state index contributed by atoms with van der Waals surface area (Å²) in [6, 6.07) is 7.68. The Labute approximate surface area is 118 Å². The predicted octanol–water partition coefficient (Wildman–Crippen LogP) is 4.69. The van der Waals surface area contributed by atoms with Gasteiger partial charge in [0, 0.05) is 5.39 Å². The third kappa shape index (κ3) is 3.38. The van der Waals surface area contributed by atoms with Crippen molar-refractivity contribution in [3.63, 3.8) is 0 Å². The maximum atomic E-state index is 11.8. The van der Waals surface area contributed by atoms with Crippen molar-refractivity contribution in [3.8, 4) is 0 Å². The monoisotopic (exact) mass is 277 g/mol. The Balaban J connectivity index is 2.20. The maximum Gasteiger partial charge on any atom is 0.256 e. The lowest BCUT2D eigenvalue weighted by Gasteiger charge is -2.08. The molecule has 102 valence electrons. The van der Waals surface area contributed by atoms with Crippen LogP contribution in [-0.4, -0.2) is 4.98 Å². The van der Waals surface area contributed by atoms with Crippen LogP contribution in [-0.2, 0) is 6.42 Å². The third-order valence-corrected chi connectivity index (χ3v) is 3.84. The summed E-state index contributed by atoms with van der Waals surface area (Å²) in [6.07, 6.45) is 7.09. The Morgan fingerprint density at radius 2 is 1.74 bits per heavy atom. The van der Waals surface area contributed by atoms with E-state index in [1.54, 1.807) is 0 Å². The molecule has 1 N–H and O–H groups in total. The molecule has 0 amide bonds. The van der Waals surface area contributed by atoms with Gasteiger partial charge in [0.25, 0.3) is 5.56 Å². The van der Waals surface area contributed by atoms with Crippen LogP contribution in [0.5, 0.6) is 0 Å². The fraction of sp³-hybridized carbons (Fsp3) is 0.438. The van der Waals surface area contributed by atoms with E-state index in [1.165, 1.54) is 25.7 Å². The minimum atomic E-state index is -0.102. The van der Waals surface area contributed by atoms with Crippen molar-refractivity contribution in [1.29, 1.82) is 0 Å². The summed E-state index contributed by atoms with van der Waals surface area (Å²) in [5.74, 6) is 0. The second kappa shape index (κ2) is 6.76. The molecule has 2 rings (SSSR count). The van der Waals surface area contributed by atoms with Gasteiger partial charge in [0.05, 0.1) is 0 Å². The number of benzene rings is 1. The van der Waals surface area contributed by atoms with Crippen LogP contribution in [0.4, 0.5) is 0 Å². The molecule has 1 aromatic heterocycles. The number of hydrogen-bond donors (Lipinski definition) is 1. The lowest BCUT2D eigenvalue weighted by molar-refractivity contribution is 0.633. The molecule has 0 bridgehead atoms. The Bertz CT molecular complexity index is 603. The SMILES string of the molecule is CCCCCCCc1c(Cl)[nH]c(=O)c2ccccc12. The van der Waals surface area contributed by atoms with Gasteiger partial charge in [0.1, 0.15) is 5.15 Å². The van der Waals surface area contributed by atoms with E-state index in [-0.39, 0.29) is 5.56 Å². The van der Waals surface area contributed by atoms with Gasteiger partial charge in [-0.1, -0.05) is 62.4 Å². The zero-order valence-corrected chi connectivity index (χ0v) is 12.1. The Morgan fingerprint density at radius 3 is 2.47 bits per heavy atom. The summed E-state index contributed by atoms with van der Waals surface area (Å²) in [7, 11) is 0. The maximum absolute atomic E-state index is 11.8. The number of unbranched alkanes of at least 4 members (excludes halogenated alkanes) is 4. The molecule has 2 aromatic rings. The van der Waals surface area contributed by atoms with Crippen molar-refractivity contribution >= 4 is 22.4 Å². The molecule has 0 atom stereocenters. The highest BCUT2D eigenvalue weighted by atomic mass is 35.5. The van der Waals surface area contributed by atoms with Crippen molar-refractivity contribution in [3.05, 3.63) is 45.3 Å². The van der Waals surface area contributed by atoms with Gasteiger partial charge in [-0.15, -0.1) is 0 Å². The predicted molar refractivity (Wildman–Crippen MR) is 82.0 cm³/mol. The van der Waals surface area contributed by atoms with Gasteiger partial charge in [-0.25, -0.2) is 0 Å². The van der Waals surface area contributed by atoms with Crippen LogP contribution < -0.4 is 5.56 Å². The molecule has 1 heterocycles. The van der Waals surface area contributed by atoms with E-state index in [2.05, 4.69) is 11.9 Å². The van der Waals surface area contributed by atoms with Crippen LogP contribution in [0.15, 0.2) is 29.1 Å². The molecule has 0 aliphatic heterocycles. The number of fused-ring (bicyclic) bond motifs is 1. The standard InChI is InChI=1S/C16H20ClNO/c1-2-3-4-5-6-10-13-12-9-7-8-11-14(12)16(19)18-15(13)17/h7-9,11H,2-6,10H2,1H3,(H,18,19). The van der Waals surface area contributed by atoms with Gasteiger partial charge < -0.3 is 4.98 Å². The number of pyridine rings is 1. The number of aromatic nitrogens is 1. The van der Waals surface area contributed by atoms with Gasteiger partial charge in [-0.3, -0.25) is 4.79 Å². The first-order valence-corrected chi connectivity index (χ1v) is 7.41. The van der Waals surface area contributed by atoms with Gasteiger partial charge in [0.15, 0.2) is 0 Å². The largest absolute Gasteiger partial charge is 0.312 e. The smallest absolute Gasteiger partial charge is 0.256 e. The second-order valence-corrected chi connectivity index (χ2v) is 5.33. The fourth-order valence-electron chi connectivity index (χ4n) is 2.45. The van der Waals surface area contributed by atoms with Crippen molar-refractivity contribution in [2.45, 2.75) is 45.4 Å². The molecule has 3 heteroatoms. The van der Waals surface area contributed by atoms with E-state index in [9.17, 15) is 4.79 Å². The van der Waals surface area contributed by atoms with E-state index in [1.807, 2.05) is 24.3 Å². The molecule has 0 saturated heterocycles. The molecule has 0 fully saturated rings. The number of hydrogen-bond acceptors (Lipinski definition) is 1. The van der Waals surface area contributed by atoms with Crippen LogP contribution in [0, 0.1) is 0 Å². The first kappa shape index (κ1) is 14.1. The highest BCUT2D eigenvalue weighted by Gasteiger charge is 2.09. The fourth-order valence-corrected chi connectivity index (χ4v) is 2.74. The summed E-state index contributed by atoms with van der Waals surface area (Å²) >= 11 is 6.19. The van der Waals surface area contributed by atoms with Crippen LogP contribution in [0.25, 0.3) is 10.8 Å². The summed E-state index contributed by atoms with van der Waals surface area (Å²) in [4.78, 5) is 14.6. The lowest BCUT2D eigenvalue weighted by atomic mass is 10.0. The second-order valence-electron chi connectivity index (χ2n) is 4.96. The van der Waals surface area contributed by atoms with E-state index >= 15 is 0 Å². The molecule has 0 spiro atoms. The Morgan fingerprint density at radius 1 is 1.05 bits per heavy atom. The zero-order chi connectivity index (χ0) is 13.7.